The molecule has 124 valence electrons. The highest BCUT2D eigenvalue weighted by atomic mass is 79.9. The van der Waals surface area contributed by atoms with E-state index in [1.807, 2.05) is 61.5 Å². The van der Waals surface area contributed by atoms with E-state index in [0.29, 0.717) is 11.4 Å². The molecule has 0 saturated carbocycles. The van der Waals surface area contributed by atoms with Crippen LogP contribution in [0.3, 0.4) is 0 Å². The third-order valence-corrected chi connectivity index (χ3v) is 3.63. The molecule has 2 rings (SSSR count). The highest BCUT2D eigenvalue weighted by Gasteiger charge is 2.05. The molecule has 0 radical (unpaired) electrons. The van der Waals surface area contributed by atoms with E-state index in [9.17, 15) is 4.79 Å². The largest absolute Gasteiger partial charge is 0.483 e. The fraction of sp³-hybridized carbons (Fsp3) is 0.105. The van der Waals surface area contributed by atoms with Crippen molar-refractivity contribution in [2.45, 2.75) is 6.92 Å². The molecule has 0 aliphatic rings. The molecule has 0 unspecified atom stereocenters. The van der Waals surface area contributed by atoms with Crippen LogP contribution in [0.4, 0.5) is 0 Å². The van der Waals surface area contributed by atoms with Crippen molar-refractivity contribution in [3.8, 4) is 5.75 Å². The van der Waals surface area contributed by atoms with Crippen LogP contribution < -0.4 is 15.6 Å². The zero-order chi connectivity index (χ0) is 17.4. The van der Waals surface area contributed by atoms with Crippen LogP contribution in [0.15, 0.2) is 71.4 Å². The summed E-state index contributed by atoms with van der Waals surface area (Å²) in [5, 5.41) is 0. The van der Waals surface area contributed by atoms with Crippen molar-refractivity contribution in [1.29, 1.82) is 0 Å². The van der Waals surface area contributed by atoms with Crippen molar-refractivity contribution in [3.05, 3.63) is 82.5 Å². The van der Waals surface area contributed by atoms with Crippen molar-refractivity contribution in [3.63, 3.8) is 0 Å². The quantitative estimate of drug-likeness (QED) is 0.558. The van der Waals surface area contributed by atoms with Gasteiger partial charge in [-0.3, -0.25) is 15.6 Å². The Morgan fingerprint density at radius 2 is 1.96 bits per heavy atom. The number of aryl methyl sites for hydroxylation is 1. The molecule has 0 heterocycles. The van der Waals surface area contributed by atoms with E-state index < -0.39 is 0 Å². The van der Waals surface area contributed by atoms with Gasteiger partial charge in [-0.15, -0.1) is 0 Å². The van der Waals surface area contributed by atoms with Crippen LogP contribution in [-0.2, 0) is 4.79 Å². The average Bonchev–Trinajstić information content (AvgIpc) is 2.58. The number of hydrogen-bond acceptors (Lipinski definition) is 3. The van der Waals surface area contributed by atoms with Gasteiger partial charge in [-0.2, -0.15) is 0 Å². The molecule has 2 aromatic carbocycles. The number of benzene rings is 2. The standard InChI is InChI=1S/C19H19BrN2O2/c1-14-12-17(20)10-11-18(14)24-13-19(23)22-21-15(2)8-9-16-6-4-3-5-7-16/h3-12,21H,2,13H2,1H3,(H,22,23)/b9-8+. The van der Waals surface area contributed by atoms with Crippen LogP contribution in [0.5, 0.6) is 5.75 Å². The number of rotatable bonds is 7. The Morgan fingerprint density at radius 3 is 2.67 bits per heavy atom. The van der Waals surface area contributed by atoms with Gasteiger partial charge in [0.05, 0.1) is 0 Å². The Labute approximate surface area is 150 Å². The monoisotopic (exact) mass is 386 g/mol. The average molecular weight is 387 g/mol. The first-order chi connectivity index (χ1) is 11.5. The summed E-state index contributed by atoms with van der Waals surface area (Å²) >= 11 is 3.39. The van der Waals surface area contributed by atoms with Crippen molar-refractivity contribution >= 4 is 27.9 Å². The molecule has 0 saturated heterocycles. The maximum absolute atomic E-state index is 11.8. The lowest BCUT2D eigenvalue weighted by Crippen LogP contribution is -2.39. The zero-order valence-corrected chi connectivity index (χ0v) is 15.0. The van der Waals surface area contributed by atoms with Crippen LogP contribution in [0, 0.1) is 6.92 Å². The summed E-state index contributed by atoms with van der Waals surface area (Å²) in [6, 6.07) is 15.5. The number of nitrogens with one attached hydrogen (secondary N) is 2. The Hall–Kier alpha value is -2.53. The molecule has 0 aliphatic heterocycles. The summed E-state index contributed by atoms with van der Waals surface area (Å²) in [7, 11) is 0. The molecule has 0 fully saturated rings. The van der Waals surface area contributed by atoms with Gasteiger partial charge in [0.15, 0.2) is 6.61 Å². The first-order valence-electron chi connectivity index (χ1n) is 7.40. The first-order valence-corrected chi connectivity index (χ1v) is 8.20. The molecule has 4 nitrogen and oxygen atoms in total. The molecule has 24 heavy (non-hydrogen) atoms. The van der Waals surface area contributed by atoms with Crippen LogP contribution >= 0.6 is 15.9 Å². The number of hydrogen-bond donors (Lipinski definition) is 2. The van der Waals surface area contributed by atoms with Crippen LogP contribution in [0.25, 0.3) is 6.08 Å². The van der Waals surface area contributed by atoms with E-state index in [1.54, 1.807) is 6.08 Å². The van der Waals surface area contributed by atoms with Crippen LogP contribution in [-0.4, -0.2) is 12.5 Å². The molecule has 0 bridgehead atoms. The molecule has 2 aromatic rings. The van der Waals surface area contributed by atoms with E-state index in [-0.39, 0.29) is 12.5 Å². The Morgan fingerprint density at radius 1 is 1.21 bits per heavy atom. The number of hydrazine groups is 1. The fourth-order valence-electron chi connectivity index (χ4n) is 1.91. The van der Waals surface area contributed by atoms with Gasteiger partial charge in [0.25, 0.3) is 5.91 Å². The highest BCUT2D eigenvalue weighted by Crippen LogP contribution is 2.21. The Bertz CT molecular complexity index is 742. The molecule has 5 heteroatoms. The maximum Gasteiger partial charge on any atom is 0.276 e. The van der Waals surface area contributed by atoms with Crippen LogP contribution in [0.1, 0.15) is 11.1 Å². The van der Waals surface area contributed by atoms with Gasteiger partial charge in [-0.05, 0) is 42.3 Å². The predicted molar refractivity (Wildman–Crippen MR) is 100 cm³/mol. The second-order valence-corrected chi connectivity index (χ2v) is 6.06. The lowest BCUT2D eigenvalue weighted by Gasteiger charge is -2.11. The molecular weight excluding hydrogens is 368 g/mol. The topological polar surface area (TPSA) is 50.4 Å². The van der Waals surface area contributed by atoms with Crippen molar-refractivity contribution in [1.82, 2.24) is 10.9 Å². The maximum atomic E-state index is 11.8. The molecule has 2 N–H and O–H groups in total. The summed E-state index contributed by atoms with van der Waals surface area (Å²) in [5.41, 5.74) is 7.88. The normalized spacial score (nSPS) is 10.4. The molecule has 0 aromatic heterocycles. The van der Waals surface area contributed by atoms with E-state index in [1.165, 1.54) is 0 Å². The smallest absolute Gasteiger partial charge is 0.276 e. The Balaban J connectivity index is 1.74. The third-order valence-electron chi connectivity index (χ3n) is 3.13. The Kier molecular flexibility index (Phi) is 6.63. The second-order valence-electron chi connectivity index (χ2n) is 5.14. The molecule has 1 amide bonds. The second kappa shape index (κ2) is 8.93. The van der Waals surface area contributed by atoms with E-state index >= 15 is 0 Å². The zero-order valence-electron chi connectivity index (χ0n) is 13.4. The van der Waals surface area contributed by atoms with E-state index in [0.717, 1.165) is 15.6 Å². The number of allylic oxidation sites excluding steroid dienone is 1. The predicted octanol–water partition coefficient (Wildman–Crippen LogP) is 3.98. The molecule has 0 spiro atoms. The first kappa shape index (κ1) is 17.8. The number of halogens is 1. The van der Waals surface area contributed by atoms with Gasteiger partial charge in [0.1, 0.15) is 5.75 Å². The summed E-state index contributed by atoms with van der Waals surface area (Å²) < 4.78 is 6.47. The van der Waals surface area contributed by atoms with Gasteiger partial charge < -0.3 is 4.74 Å². The SMILES string of the molecule is C=C(/C=C/c1ccccc1)NNC(=O)COc1ccc(Br)cc1C. The van der Waals surface area contributed by atoms with Crippen molar-refractivity contribution < 1.29 is 9.53 Å². The number of amides is 1. The molecule has 0 aliphatic carbocycles. The minimum atomic E-state index is -0.286. The van der Waals surface area contributed by atoms with Gasteiger partial charge >= 0.3 is 0 Å². The third kappa shape index (κ3) is 5.93. The fourth-order valence-corrected chi connectivity index (χ4v) is 2.38. The minimum Gasteiger partial charge on any atom is -0.483 e. The number of carbonyl (C=O) groups excluding carboxylic acids is 1. The lowest BCUT2D eigenvalue weighted by molar-refractivity contribution is -0.123. The van der Waals surface area contributed by atoms with Gasteiger partial charge in [0, 0.05) is 10.2 Å². The number of ether oxygens (including phenoxy) is 1. The van der Waals surface area contributed by atoms with Crippen LogP contribution in [0.2, 0.25) is 0 Å². The number of carbonyl (C=O) groups is 1. The summed E-state index contributed by atoms with van der Waals surface area (Å²) in [5.74, 6) is 0.391. The highest BCUT2D eigenvalue weighted by molar-refractivity contribution is 9.10. The van der Waals surface area contributed by atoms with Gasteiger partial charge in [-0.25, -0.2) is 0 Å². The molecule has 0 atom stereocenters. The van der Waals surface area contributed by atoms with Gasteiger partial charge in [-0.1, -0.05) is 58.9 Å². The van der Waals surface area contributed by atoms with E-state index in [2.05, 4.69) is 33.4 Å². The van der Waals surface area contributed by atoms with Gasteiger partial charge in [0.2, 0.25) is 0 Å². The summed E-state index contributed by atoms with van der Waals surface area (Å²) in [6.07, 6.45) is 3.69. The minimum absolute atomic E-state index is 0.0782. The summed E-state index contributed by atoms with van der Waals surface area (Å²) in [6.45, 7) is 5.67. The lowest BCUT2D eigenvalue weighted by atomic mass is 10.2. The summed E-state index contributed by atoms with van der Waals surface area (Å²) in [4.78, 5) is 11.8. The van der Waals surface area contributed by atoms with Crippen molar-refractivity contribution in [2.75, 3.05) is 6.61 Å². The van der Waals surface area contributed by atoms with E-state index in [4.69, 9.17) is 4.74 Å². The molecular formula is C19H19BrN2O2. The van der Waals surface area contributed by atoms with Crippen molar-refractivity contribution in [2.24, 2.45) is 0 Å².